The van der Waals surface area contributed by atoms with Crippen molar-refractivity contribution in [3.63, 3.8) is 0 Å². The number of hydrogen-bond acceptors (Lipinski definition) is 5. The minimum Gasteiger partial charge on any atom is -0.390 e. The number of piperidine rings is 1. The minimum atomic E-state index is -1.33. The molecule has 4 aromatic rings. The van der Waals surface area contributed by atoms with Gasteiger partial charge in [0, 0.05) is 29.6 Å². The maximum absolute atomic E-state index is 14.3. The summed E-state index contributed by atoms with van der Waals surface area (Å²) < 4.78 is 16.1. The average molecular weight is 443 g/mol. The van der Waals surface area contributed by atoms with E-state index in [2.05, 4.69) is 10.3 Å². The van der Waals surface area contributed by atoms with Crippen LogP contribution in [0, 0.1) is 0 Å². The summed E-state index contributed by atoms with van der Waals surface area (Å²) in [5.41, 5.74) is 6.26. The topological polar surface area (TPSA) is 82.8 Å². The summed E-state index contributed by atoms with van der Waals surface area (Å²) >= 11 is 0. The molecule has 8 heteroatoms. The third kappa shape index (κ3) is 3.34. The number of amides is 1. The van der Waals surface area contributed by atoms with Crippen LogP contribution in [0.1, 0.15) is 12.0 Å². The number of halogens is 1. The van der Waals surface area contributed by atoms with Crippen LogP contribution in [-0.4, -0.2) is 51.0 Å². The highest BCUT2D eigenvalue weighted by molar-refractivity contribution is 6.01. The van der Waals surface area contributed by atoms with Gasteiger partial charge >= 0.3 is 0 Å². The molecule has 1 saturated heterocycles. The average Bonchev–Trinajstić information content (AvgIpc) is 3.40. The van der Waals surface area contributed by atoms with Crippen LogP contribution in [0.3, 0.4) is 0 Å². The third-order valence-electron chi connectivity index (χ3n) is 6.39. The largest absolute Gasteiger partial charge is 0.390 e. The van der Waals surface area contributed by atoms with Gasteiger partial charge in [-0.3, -0.25) is 4.79 Å². The van der Waals surface area contributed by atoms with Crippen molar-refractivity contribution in [1.82, 2.24) is 14.6 Å². The van der Waals surface area contributed by atoms with E-state index in [0.29, 0.717) is 25.3 Å². The van der Waals surface area contributed by atoms with Gasteiger partial charge in [0.1, 0.15) is 11.9 Å². The second kappa shape index (κ2) is 7.67. The molecule has 2 aromatic carbocycles. The van der Waals surface area contributed by atoms with Crippen LogP contribution in [0.25, 0.3) is 27.9 Å². The standard InChI is InChI=1S/C25H22FN5O2/c26-18-14-30(11-9-21(18)32)25-27-10-8-20-23(16-6-7-19-17(12-16)13-22(33)28-19)24(29-31(20)25)15-4-2-1-3-5-15/h1-8,10,12,18,21,32H,9,11,13-14H2,(H,28,33). The van der Waals surface area contributed by atoms with Crippen LogP contribution >= 0.6 is 0 Å². The Hall–Kier alpha value is -3.78. The molecule has 1 amide bonds. The maximum Gasteiger partial charge on any atom is 0.228 e. The van der Waals surface area contributed by atoms with Gasteiger partial charge in [0.05, 0.1) is 24.6 Å². The molecule has 1 fully saturated rings. The summed E-state index contributed by atoms with van der Waals surface area (Å²) in [5, 5.41) is 17.6. The Kier molecular flexibility index (Phi) is 4.62. The zero-order valence-corrected chi connectivity index (χ0v) is 17.8. The van der Waals surface area contributed by atoms with Crippen molar-refractivity contribution in [3.8, 4) is 22.4 Å². The lowest BCUT2D eigenvalue weighted by molar-refractivity contribution is -0.115. The molecule has 0 bridgehead atoms. The number of fused-ring (bicyclic) bond motifs is 2. The van der Waals surface area contributed by atoms with E-state index in [9.17, 15) is 14.3 Å². The molecule has 2 aliphatic heterocycles. The first-order valence-electron chi connectivity index (χ1n) is 11.0. The smallest absolute Gasteiger partial charge is 0.228 e. The van der Waals surface area contributed by atoms with E-state index in [4.69, 9.17) is 5.10 Å². The first kappa shape index (κ1) is 19.9. The molecule has 2 aliphatic rings. The zero-order valence-electron chi connectivity index (χ0n) is 17.8. The molecule has 0 aliphatic carbocycles. The van der Waals surface area contributed by atoms with Crippen molar-refractivity contribution >= 4 is 23.1 Å². The number of carbonyl (C=O) groups excluding carboxylic acids is 1. The molecular weight excluding hydrogens is 421 g/mol. The number of alkyl halides is 1. The second-order valence-electron chi connectivity index (χ2n) is 8.55. The van der Waals surface area contributed by atoms with Crippen molar-refractivity contribution in [1.29, 1.82) is 0 Å². The van der Waals surface area contributed by atoms with Crippen LogP contribution in [0.15, 0.2) is 60.8 Å². The molecule has 166 valence electrons. The van der Waals surface area contributed by atoms with Crippen molar-refractivity contribution in [2.75, 3.05) is 23.3 Å². The lowest BCUT2D eigenvalue weighted by Gasteiger charge is -2.32. The van der Waals surface area contributed by atoms with Gasteiger partial charge < -0.3 is 15.3 Å². The van der Waals surface area contributed by atoms with E-state index >= 15 is 0 Å². The molecule has 0 radical (unpaired) electrons. The predicted molar refractivity (Wildman–Crippen MR) is 124 cm³/mol. The summed E-state index contributed by atoms with van der Waals surface area (Å²) in [6.45, 7) is 0.561. The van der Waals surface area contributed by atoms with Gasteiger partial charge in [0.15, 0.2) is 0 Å². The van der Waals surface area contributed by atoms with Crippen LogP contribution < -0.4 is 10.2 Å². The van der Waals surface area contributed by atoms with Gasteiger partial charge in [0.25, 0.3) is 0 Å². The normalized spacial score (nSPS) is 20.2. The van der Waals surface area contributed by atoms with Crippen LogP contribution in [0.5, 0.6) is 0 Å². The molecule has 2 atom stereocenters. The Morgan fingerprint density at radius 2 is 1.94 bits per heavy atom. The summed E-state index contributed by atoms with van der Waals surface area (Å²) in [6.07, 6.45) is 0.119. The predicted octanol–water partition coefficient (Wildman–Crippen LogP) is 3.47. The number of aliphatic hydroxyl groups is 1. The molecule has 0 saturated carbocycles. The fraction of sp³-hybridized carbons (Fsp3) is 0.240. The number of rotatable bonds is 3. The number of carbonyl (C=O) groups is 1. The van der Waals surface area contributed by atoms with Gasteiger partial charge in [-0.2, -0.15) is 9.61 Å². The Bertz CT molecular complexity index is 1370. The maximum atomic E-state index is 14.3. The number of nitrogens with zero attached hydrogens (tertiary/aromatic N) is 4. The SMILES string of the molecule is O=C1Cc2cc(-c3c(-c4ccccc4)nn4c(N5CCC(O)C(F)C5)nccc34)ccc2N1. The quantitative estimate of drug-likeness (QED) is 0.507. The first-order valence-corrected chi connectivity index (χ1v) is 11.0. The Labute approximate surface area is 189 Å². The molecule has 4 heterocycles. The van der Waals surface area contributed by atoms with Crippen molar-refractivity contribution < 1.29 is 14.3 Å². The number of anilines is 2. The number of benzene rings is 2. The van der Waals surface area contributed by atoms with Gasteiger partial charge in [-0.1, -0.05) is 36.4 Å². The number of hydrogen-bond donors (Lipinski definition) is 2. The van der Waals surface area contributed by atoms with E-state index in [-0.39, 0.29) is 12.5 Å². The molecule has 6 rings (SSSR count). The molecule has 2 unspecified atom stereocenters. The molecule has 2 N–H and O–H groups in total. The fourth-order valence-corrected chi connectivity index (χ4v) is 4.72. The van der Waals surface area contributed by atoms with Crippen molar-refractivity contribution in [2.24, 2.45) is 0 Å². The molecular formula is C25H22FN5O2. The van der Waals surface area contributed by atoms with E-state index in [1.54, 1.807) is 10.7 Å². The van der Waals surface area contributed by atoms with Crippen LogP contribution in [-0.2, 0) is 11.2 Å². The summed E-state index contributed by atoms with van der Waals surface area (Å²) in [7, 11) is 0. The fourth-order valence-electron chi connectivity index (χ4n) is 4.72. The van der Waals surface area contributed by atoms with E-state index in [0.717, 1.165) is 39.2 Å². The summed E-state index contributed by atoms with van der Waals surface area (Å²) in [6, 6.07) is 17.8. The Morgan fingerprint density at radius 1 is 1.09 bits per heavy atom. The Morgan fingerprint density at radius 3 is 2.76 bits per heavy atom. The number of nitrogens with one attached hydrogen (secondary N) is 1. The van der Waals surface area contributed by atoms with Crippen LogP contribution in [0.2, 0.25) is 0 Å². The van der Waals surface area contributed by atoms with Gasteiger partial charge in [0.2, 0.25) is 11.9 Å². The zero-order chi connectivity index (χ0) is 22.5. The highest BCUT2D eigenvalue weighted by atomic mass is 19.1. The number of aromatic nitrogens is 3. The third-order valence-corrected chi connectivity index (χ3v) is 6.39. The molecule has 33 heavy (non-hydrogen) atoms. The van der Waals surface area contributed by atoms with Gasteiger partial charge in [-0.05, 0) is 35.7 Å². The first-order chi connectivity index (χ1) is 16.1. The second-order valence-corrected chi connectivity index (χ2v) is 8.55. The van der Waals surface area contributed by atoms with E-state index in [1.165, 1.54) is 0 Å². The van der Waals surface area contributed by atoms with Crippen molar-refractivity contribution in [3.05, 3.63) is 66.4 Å². The highest BCUT2D eigenvalue weighted by Gasteiger charge is 2.30. The summed E-state index contributed by atoms with van der Waals surface area (Å²) in [5.74, 6) is 0.535. The van der Waals surface area contributed by atoms with Crippen LogP contribution in [0.4, 0.5) is 16.0 Å². The molecule has 2 aromatic heterocycles. The van der Waals surface area contributed by atoms with E-state index in [1.807, 2.05) is 59.5 Å². The van der Waals surface area contributed by atoms with Gasteiger partial charge in [-0.15, -0.1) is 0 Å². The summed E-state index contributed by atoms with van der Waals surface area (Å²) in [4.78, 5) is 18.2. The molecule has 7 nitrogen and oxygen atoms in total. The monoisotopic (exact) mass is 443 g/mol. The minimum absolute atomic E-state index is 0.00940. The lowest BCUT2D eigenvalue weighted by Crippen LogP contribution is -2.45. The van der Waals surface area contributed by atoms with Gasteiger partial charge in [-0.25, -0.2) is 9.37 Å². The van der Waals surface area contributed by atoms with E-state index < -0.39 is 12.3 Å². The highest BCUT2D eigenvalue weighted by Crippen LogP contribution is 2.38. The lowest BCUT2D eigenvalue weighted by atomic mass is 9.97. The number of aliphatic hydroxyl groups excluding tert-OH is 1. The Balaban J connectivity index is 1.55. The van der Waals surface area contributed by atoms with Crippen molar-refractivity contribution in [2.45, 2.75) is 25.1 Å². The molecule has 0 spiro atoms.